The lowest BCUT2D eigenvalue weighted by atomic mass is 9.90. The summed E-state index contributed by atoms with van der Waals surface area (Å²) in [7, 11) is -0.654. The van der Waals surface area contributed by atoms with Gasteiger partial charge in [0, 0.05) is 14.2 Å². The minimum Gasteiger partial charge on any atom is -0.380 e. The Kier molecular flexibility index (Phi) is 4.58. The van der Waals surface area contributed by atoms with Gasteiger partial charge in [-0.25, -0.2) is 0 Å². The average Bonchev–Trinajstić information content (AvgIpc) is 2.28. The molecule has 1 atom stereocenters. The SMILES string of the molecule is COP(=O)(OC)[C@@H](O)C1CCCCC1. The molecule has 0 spiro atoms. The quantitative estimate of drug-likeness (QED) is 0.742. The zero-order chi connectivity index (χ0) is 10.6. The van der Waals surface area contributed by atoms with Crippen molar-refractivity contribution in [3.8, 4) is 0 Å². The van der Waals surface area contributed by atoms with Crippen LogP contribution in [0.15, 0.2) is 0 Å². The first kappa shape index (κ1) is 12.2. The summed E-state index contributed by atoms with van der Waals surface area (Å²) in [4.78, 5) is 0. The monoisotopic (exact) mass is 222 g/mol. The second kappa shape index (κ2) is 5.26. The summed E-state index contributed by atoms with van der Waals surface area (Å²) in [5.74, 6) is -0.896. The van der Waals surface area contributed by atoms with Crippen molar-refractivity contribution in [1.29, 1.82) is 0 Å². The van der Waals surface area contributed by atoms with E-state index in [4.69, 9.17) is 9.05 Å². The van der Waals surface area contributed by atoms with E-state index in [-0.39, 0.29) is 5.92 Å². The molecule has 0 aliphatic heterocycles. The lowest BCUT2D eigenvalue weighted by molar-refractivity contribution is 0.108. The fourth-order valence-corrected chi connectivity index (χ4v) is 3.38. The van der Waals surface area contributed by atoms with Gasteiger partial charge in [-0.2, -0.15) is 0 Å². The lowest BCUT2D eigenvalue weighted by Crippen LogP contribution is -2.24. The van der Waals surface area contributed by atoms with E-state index < -0.39 is 13.4 Å². The first-order valence-electron chi connectivity index (χ1n) is 5.03. The van der Waals surface area contributed by atoms with Crippen molar-refractivity contribution in [3.63, 3.8) is 0 Å². The van der Waals surface area contributed by atoms with Gasteiger partial charge in [0.25, 0.3) is 0 Å². The van der Waals surface area contributed by atoms with Gasteiger partial charge in [0.2, 0.25) is 0 Å². The van der Waals surface area contributed by atoms with Crippen LogP contribution in [0.2, 0.25) is 0 Å². The summed E-state index contributed by atoms with van der Waals surface area (Å²) < 4.78 is 21.4. The van der Waals surface area contributed by atoms with Gasteiger partial charge in [-0.3, -0.25) is 4.57 Å². The van der Waals surface area contributed by atoms with Crippen LogP contribution in [-0.2, 0) is 13.6 Å². The second-order valence-corrected chi connectivity index (χ2v) is 6.06. The third-order valence-electron chi connectivity index (χ3n) is 2.90. The van der Waals surface area contributed by atoms with E-state index in [2.05, 4.69) is 0 Å². The van der Waals surface area contributed by atoms with Gasteiger partial charge in [-0.05, 0) is 18.8 Å². The molecule has 1 saturated carbocycles. The average molecular weight is 222 g/mol. The first-order valence-corrected chi connectivity index (χ1v) is 6.64. The van der Waals surface area contributed by atoms with E-state index in [1.54, 1.807) is 0 Å². The molecule has 0 radical (unpaired) electrons. The number of hydrogen-bond donors (Lipinski definition) is 1. The minimum atomic E-state index is -3.29. The first-order chi connectivity index (χ1) is 6.64. The molecular formula is C9H19O4P. The van der Waals surface area contributed by atoms with Gasteiger partial charge in [-0.15, -0.1) is 0 Å². The highest BCUT2D eigenvalue weighted by atomic mass is 31.2. The Labute approximate surface area is 85.1 Å². The molecule has 1 aliphatic carbocycles. The number of rotatable bonds is 4. The van der Waals surface area contributed by atoms with Crippen LogP contribution in [0, 0.1) is 5.92 Å². The molecule has 0 aromatic heterocycles. The zero-order valence-electron chi connectivity index (χ0n) is 8.81. The van der Waals surface area contributed by atoms with E-state index in [1.807, 2.05) is 0 Å². The van der Waals surface area contributed by atoms with Crippen molar-refractivity contribution >= 4 is 7.60 Å². The van der Waals surface area contributed by atoms with Crippen molar-refractivity contribution in [2.75, 3.05) is 14.2 Å². The summed E-state index contributed by atoms with van der Waals surface area (Å²) in [6, 6.07) is 0. The lowest BCUT2D eigenvalue weighted by Gasteiger charge is -2.29. The van der Waals surface area contributed by atoms with Crippen molar-refractivity contribution < 1.29 is 18.7 Å². The highest BCUT2D eigenvalue weighted by Crippen LogP contribution is 2.54. The van der Waals surface area contributed by atoms with Crippen LogP contribution >= 0.6 is 7.60 Å². The Morgan fingerprint density at radius 1 is 1.21 bits per heavy atom. The molecule has 1 N–H and O–H groups in total. The van der Waals surface area contributed by atoms with Gasteiger partial charge in [0.1, 0.15) is 0 Å². The molecule has 14 heavy (non-hydrogen) atoms. The zero-order valence-corrected chi connectivity index (χ0v) is 9.70. The van der Waals surface area contributed by atoms with E-state index in [0.717, 1.165) is 25.7 Å². The number of aliphatic hydroxyl groups excluding tert-OH is 1. The Hall–Kier alpha value is 0.110. The van der Waals surface area contributed by atoms with Crippen LogP contribution in [0.3, 0.4) is 0 Å². The predicted molar refractivity (Wildman–Crippen MR) is 54.2 cm³/mol. The molecule has 1 aliphatic rings. The third kappa shape index (κ3) is 2.57. The van der Waals surface area contributed by atoms with Crippen LogP contribution in [0.4, 0.5) is 0 Å². The number of hydrogen-bond acceptors (Lipinski definition) is 4. The van der Waals surface area contributed by atoms with Gasteiger partial charge >= 0.3 is 7.60 Å². The molecule has 1 rings (SSSR count). The molecule has 0 unspecified atom stereocenters. The van der Waals surface area contributed by atoms with Gasteiger partial charge in [0.15, 0.2) is 5.85 Å². The van der Waals surface area contributed by atoms with Crippen molar-refractivity contribution in [1.82, 2.24) is 0 Å². The predicted octanol–water partition coefficient (Wildman–Crippen LogP) is 2.37. The summed E-state index contributed by atoms with van der Waals surface area (Å²) in [5.41, 5.74) is 0. The highest BCUT2D eigenvalue weighted by molar-refractivity contribution is 7.54. The Balaban J connectivity index is 2.61. The summed E-state index contributed by atoms with van der Waals surface area (Å²) in [6.07, 6.45) is 5.22. The molecular weight excluding hydrogens is 203 g/mol. The molecule has 0 saturated heterocycles. The summed E-state index contributed by atoms with van der Waals surface area (Å²) >= 11 is 0. The van der Waals surface area contributed by atoms with Crippen molar-refractivity contribution in [3.05, 3.63) is 0 Å². The molecule has 0 aromatic rings. The van der Waals surface area contributed by atoms with E-state index in [9.17, 15) is 9.67 Å². The van der Waals surface area contributed by atoms with E-state index in [1.165, 1.54) is 20.6 Å². The maximum atomic E-state index is 11.9. The molecule has 0 aromatic carbocycles. The molecule has 0 amide bonds. The molecule has 5 heteroatoms. The number of aliphatic hydroxyl groups is 1. The van der Waals surface area contributed by atoms with Crippen LogP contribution in [0.25, 0.3) is 0 Å². The fourth-order valence-electron chi connectivity index (χ4n) is 1.98. The third-order valence-corrected chi connectivity index (χ3v) is 4.99. The molecule has 0 heterocycles. The van der Waals surface area contributed by atoms with Crippen molar-refractivity contribution in [2.24, 2.45) is 5.92 Å². The van der Waals surface area contributed by atoms with Gasteiger partial charge in [0.05, 0.1) is 0 Å². The fraction of sp³-hybridized carbons (Fsp3) is 1.00. The Bertz CT molecular complexity index is 205. The highest BCUT2D eigenvalue weighted by Gasteiger charge is 2.38. The molecule has 1 fully saturated rings. The van der Waals surface area contributed by atoms with Crippen LogP contribution in [0.5, 0.6) is 0 Å². The maximum Gasteiger partial charge on any atom is 0.358 e. The molecule has 84 valence electrons. The standard InChI is InChI=1S/C9H19O4P/c1-12-14(11,13-2)9(10)8-6-4-3-5-7-8/h8-10H,3-7H2,1-2H3/t9-/m1/s1. The smallest absolute Gasteiger partial charge is 0.358 e. The molecule has 0 bridgehead atoms. The van der Waals surface area contributed by atoms with Gasteiger partial charge in [-0.1, -0.05) is 19.3 Å². The largest absolute Gasteiger partial charge is 0.380 e. The Morgan fingerprint density at radius 3 is 2.14 bits per heavy atom. The summed E-state index contributed by atoms with van der Waals surface area (Å²) in [5, 5.41) is 9.88. The van der Waals surface area contributed by atoms with Crippen LogP contribution < -0.4 is 0 Å². The molecule has 4 nitrogen and oxygen atoms in total. The maximum absolute atomic E-state index is 11.9. The second-order valence-electron chi connectivity index (χ2n) is 3.72. The Morgan fingerprint density at radius 2 is 1.71 bits per heavy atom. The van der Waals surface area contributed by atoms with Crippen LogP contribution in [-0.4, -0.2) is 25.2 Å². The van der Waals surface area contributed by atoms with Gasteiger partial charge < -0.3 is 14.2 Å². The van der Waals surface area contributed by atoms with E-state index >= 15 is 0 Å². The van der Waals surface area contributed by atoms with E-state index in [0.29, 0.717) is 0 Å². The van der Waals surface area contributed by atoms with Crippen molar-refractivity contribution in [2.45, 2.75) is 37.9 Å². The van der Waals surface area contributed by atoms with Crippen LogP contribution in [0.1, 0.15) is 32.1 Å². The minimum absolute atomic E-state index is 0.0643. The normalized spacial score (nSPS) is 22.2. The topological polar surface area (TPSA) is 55.8 Å². The summed E-state index contributed by atoms with van der Waals surface area (Å²) in [6.45, 7) is 0.